The van der Waals surface area contributed by atoms with Gasteiger partial charge in [0.15, 0.2) is 0 Å². The topological polar surface area (TPSA) is 12.0 Å². The zero-order valence-electron chi connectivity index (χ0n) is 10.9. The van der Waals surface area contributed by atoms with Crippen LogP contribution in [0.25, 0.3) is 0 Å². The van der Waals surface area contributed by atoms with Gasteiger partial charge in [-0.2, -0.15) is 0 Å². The molecule has 92 valence electrons. The molecular formula is C14H25NS. The van der Waals surface area contributed by atoms with Gasteiger partial charge in [0, 0.05) is 15.8 Å². The molecule has 2 heteroatoms. The van der Waals surface area contributed by atoms with Gasteiger partial charge in [-0.1, -0.05) is 33.6 Å². The molecule has 1 nitrogen and oxygen atoms in total. The van der Waals surface area contributed by atoms with Gasteiger partial charge in [-0.15, -0.1) is 11.3 Å². The van der Waals surface area contributed by atoms with E-state index >= 15 is 0 Å². The van der Waals surface area contributed by atoms with Gasteiger partial charge in [0.05, 0.1) is 0 Å². The van der Waals surface area contributed by atoms with E-state index in [4.69, 9.17) is 0 Å². The average molecular weight is 239 g/mol. The molecular weight excluding hydrogens is 214 g/mol. The summed E-state index contributed by atoms with van der Waals surface area (Å²) in [5, 5.41) is 3.67. The van der Waals surface area contributed by atoms with Crippen molar-refractivity contribution < 1.29 is 0 Å². The fourth-order valence-corrected chi connectivity index (χ4v) is 2.91. The minimum absolute atomic E-state index is 0.588. The van der Waals surface area contributed by atoms with Crippen LogP contribution in [0.1, 0.15) is 62.3 Å². The third kappa shape index (κ3) is 4.26. The number of thiophene rings is 1. The van der Waals surface area contributed by atoms with Crippen molar-refractivity contribution in [2.75, 3.05) is 6.54 Å². The summed E-state index contributed by atoms with van der Waals surface area (Å²) in [6.07, 6.45) is 6.27. The zero-order chi connectivity index (χ0) is 11.8. The molecule has 1 heterocycles. The molecule has 1 aromatic rings. The molecule has 1 rings (SSSR count). The molecule has 0 radical (unpaired) electrons. The molecule has 1 atom stereocenters. The maximum absolute atomic E-state index is 3.67. The average Bonchev–Trinajstić information content (AvgIpc) is 2.78. The van der Waals surface area contributed by atoms with Gasteiger partial charge in [0.1, 0.15) is 0 Å². The van der Waals surface area contributed by atoms with E-state index in [0.717, 1.165) is 6.54 Å². The lowest BCUT2D eigenvalue weighted by Crippen LogP contribution is -2.21. The minimum Gasteiger partial charge on any atom is -0.309 e. The Balaban J connectivity index is 2.58. The highest BCUT2D eigenvalue weighted by Crippen LogP contribution is 2.27. The third-order valence-corrected chi connectivity index (χ3v) is 4.20. The standard InChI is InChI=1S/C14H25NS/c1-4-7-8-13(15-11-5-2)14-10-9-12(6-3)16-14/h9-10,13,15H,4-8,11H2,1-3H3. The van der Waals surface area contributed by atoms with E-state index in [1.807, 2.05) is 11.3 Å². The monoisotopic (exact) mass is 239 g/mol. The van der Waals surface area contributed by atoms with Gasteiger partial charge in [-0.3, -0.25) is 0 Å². The van der Waals surface area contributed by atoms with Crippen molar-refractivity contribution in [3.05, 3.63) is 21.9 Å². The Morgan fingerprint density at radius 3 is 2.56 bits per heavy atom. The first-order chi connectivity index (χ1) is 7.81. The molecule has 0 aromatic carbocycles. The van der Waals surface area contributed by atoms with Gasteiger partial charge in [-0.05, 0) is 37.9 Å². The molecule has 0 spiro atoms. The minimum atomic E-state index is 0.588. The third-order valence-electron chi connectivity index (χ3n) is 2.86. The normalized spacial score (nSPS) is 12.9. The predicted octanol–water partition coefficient (Wildman–Crippen LogP) is 4.54. The molecule has 0 amide bonds. The van der Waals surface area contributed by atoms with Crippen molar-refractivity contribution in [1.82, 2.24) is 5.32 Å². The van der Waals surface area contributed by atoms with E-state index in [9.17, 15) is 0 Å². The Bertz CT molecular complexity index is 272. The summed E-state index contributed by atoms with van der Waals surface area (Å²) >= 11 is 1.98. The van der Waals surface area contributed by atoms with Gasteiger partial charge in [0.25, 0.3) is 0 Å². The van der Waals surface area contributed by atoms with Gasteiger partial charge < -0.3 is 5.32 Å². The first-order valence-electron chi connectivity index (χ1n) is 6.63. The van der Waals surface area contributed by atoms with Crippen molar-refractivity contribution >= 4 is 11.3 Å². The largest absolute Gasteiger partial charge is 0.309 e. The maximum Gasteiger partial charge on any atom is 0.0414 e. The molecule has 0 aliphatic carbocycles. The fraction of sp³-hybridized carbons (Fsp3) is 0.714. The van der Waals surface area contributed by atoms with Crippen LogP contribution >= 0.6 is 11.3 Å². The lowest BCUT2D eigenvalue weighted by Gasteiger charge is -2.16. The van der Waals surface area contributed by atoms with Crippen molar-refractivity contribution in [3.63, 3.8) is 0 Å². The Morgan fingerprint density at radius 2 is 2.00 bits per heavy atom. The number of unbranched alkanes of at least 4 members (excludes halogenated alkanes) is 1. The summed E-state index contributed by atoms with van der Waals surface area (Å²) < 4.78 is 0. The van der Waals surface area contributed by atoms with Crippen molar-refractivity contribution in [1.29, 1.82) is 0 Å². The van der Waals surface area contributed by atoms with Crippen molar-refractivity contribution in [2.45, 2.75) is 58.9 Å². The van der Waals surface area contributed by atoms with E-state index in [-0.39, 0.29) is 0 Å². The van der Waals surface area contributed by atoms with Crippen LogP contribution in [-0.2, 0) is 6.42 Å². The van der Waals surface area contributed by atoms with Gasteiger partial charge in [-0.25, -0.2) is 0 Å². The Labute approximate surface area is 104 Å². The van der Waals surface area contributed by atoms with Gasteiger partial charge >= 0.3 is 0 Å². The van der Waals surface area contributed by atoms with Crippen LogP contribution in [0.5, 0.6) is 0 Å². The molecule has 0 fully saturated rings. The highest BCUT2D eigenvalue weighted by Gasteiger charge is 2.11. The van der Waals surface area contributed by atoms with E-state index in [1.54, 1.807) is 0 Å². The van der Waals surface area contributed by atoms with Crippen LogP contribution in [0.3, 0.4) is 0 Å². The molecule has 1 N–H and O–H groups in total. The SMILES string of the molecule is CCCCC(NCCC)c1ccc(CC)s1. The number of hydrogen-bond donors (Lipinski definition) is 1. The molecule has 16 heavy (non-hydrogen) atoms. The quantitative estimate of drug-likeness (QED) is 0.702. The molecule has 0 aliphatic heterocycles. The van der Waals surface area contributed by atoms with Crippen LogP contribution in [0.2, 0.25) is 0 Å². The van der Waals surface area contributed by atoms with Crippen LogP contribution in [0.15, 0.2) is 12.1 Å². The highest BCUT2D eigenvalue weighted by atomic mass is 32.1. The van der Waals surface area contributed by atoms with Crippen LogP contribution in [0.4, 0.5) is 0 Å². The van der Waals surface area contributed by atoms with E-state index in [2.05, 4.69) is 38.2 Å². The van der Waals surface area contributed by atoms with E-state index in [1.165, 1.54) is 41.9 Å². The molecule has 1 unspecified atom stereocenters. The number of hydrogen-bond acceptors (Lipinski definition) is 2. The molecule has 0 saturated carbocycles. The first-order valence-corrected chi connectivity index (χ1v) is 7.45. The van der Waals surface area contributed by atoms with Crippen LogP contribution in [-0.4, -0.2) is 6.54 Å². The summed E-state index contributed by atoms with van der Waals surface area (Å²) in [6, 6.07) is 5.18. The second-order valence-corrected chi connectivity index (χ2v) is 5.51. The zero-order valence-corrected chi connectivity index (χ0v) is 11.7. The molecule has 0 saturated heterocycles. The van der Waals surface area contributed by atoms with Crippen LogP contribution < -0.4 is 5.32 Å². The maximum atomic E-state index is 3.67. The lowest BCUT2D eigenvalue weighted by molar-refractivity contribution is 0.487. The Morgan fingerprint density at radius 1 is 1.19 bits per heavy atom. The van der Waals surface area contributed by atoms with E-state index < -0.39 is 0 Å². The van der Waals surface area contributed by atoms with E-state index in [0.29, 0.717) is 6.04 Å². The first kappa shape index (κ1) is 13.7. The number of nitrogens with one attached hydrogen (secondary N) is 1. The van der Waals surface area contributed by atoms with Crippen molar-refractivity contribution in [2.24, 2.45) is 0 Å². The molecule has 0 bridgehead atoms. The summed E-state index contributed by atoms with van der Waals surface area (Å²) in [5.41, 5.74) is 0. The summed E-state index contributed by atoms with van der Waals surface area (Å²) in [6.45, 7) is 7.86. The molecule has 1 aromatic heterocycles. The second-order valence-electron chi connectivity index (χ2n) is 4.31. The smallest absolute Gasteiger partial charge is 0.0414 e. The number of aryl methyl sites for hydroxylation is 1. The van der Waals surface area contributed by atoms with Crippen molar-refractivity contribution in [3.8, 4) is 0 Å². The fourth-order valence-electron chi connectivity index (χ4n) is 1.84. The lowest BCUT2D eigenvalue weighted by atomic mass is 10.1. The van der Waals surface area contributed by atoms with Gasteiger partial charge in [0.2, 0.25) is 0 Å². The summed E-state index contributed by atoms with van der Waals surface area (Å²) in [4.78, 5) is 3.04. The highest BCUT2D eigenvalue weighted by molar-refractivity contribution is 7.12. The Kier molecular flexibility index (Phi) is 6.74. The second kappa shape index (κ2) is 7.86. The predicted molar refractivity (Wildman–Crippen MR) is 74.3 cm³/mol. The molecule has 0 aliphatic rings. The summed E-state index contributed by atoms with van der Waals surface area (Å²) in [7, 11) is 0. The Hall–Kier alpha value is -0.340. The summed E-state index contributed by atoms with van der Waals surface area (Å²) in [5.74, 6) is 0. The van der Waals surface area contributed by atoms with Crippen LogP contribution in [0, 0.1) is 0 Å². The number of rotatable bonds is 8.